The number of ether oxygens (including phenoxy) is 1. The molecule has 0 aliphatic rings. The van der Waals surface area contributed by atoms with Gasteiger partial charge in [0, 0.05) is 29.4 Å². The van der Waals surface area contributed by atoms with Crippen molar-refractivity contribution in [2.75, 3.05) is 7.11 Å². The third-order valence-corrected chi connectivity index (χ3v) is 3.53. The first kappa shape index (κ1) is 13.8. The molecule has 0 saturated heterocycles. The summed E-state index contributed by atoms with van der Waals surface area (Å²) in [5, 5.41) is 1.21. The van der Waals surface area contributed by atoms with Crippen LogP contribution in [0.1, 0.15) is 19.9 Å². The van der Waals surface area contributed by atoms with Gasteiger partial charge in [0.2, 0.25) is 5.28 Å². The van der Waals surface area contributed by atoms with Gasteiger partial charge in [0.25, 0.3) is 0 Å². The van der Waals surface area contributed by atoms with Crippen molar-refractivity contribution in [1.82, 2.24) is 19.5 Å². The van der Waals surface area contributed by atoms with Crippen LogP contribution in [0.5, 0.6) is 5.75 Å². The van der Waals surface area contributed by atoms with Gasteiger partial charge in [-0.05, 0) is 37.6 Å². The van der Waals surface area contributed by atoms with Gasteiger partial charge in [-0.1, -0.05) is 0 Å². The Bertz CT molecular complexity index is 797. The molecule has 0 N–H and O–H groups in total. The van der Waals surface area contributed by atoms with Gasteiger partial charge in [0.05, 0.1) is 13.3 Å². The van der Waals surface area contributed by atoms with Gasteiger partial charge in [-0.2, -0.15) is 0 Å². The first-order chi connectivity index (χ1) is 10.1. The second kappa shape index (κ2) is 5.33. The Morgan fingerprint density at radius 2 is 2.10 bits per heavy atom. The van der Waals surface area contributed by atoms with Gasteiger partial charge >= 0.3 is 0 Å². The van der Waals surface area contributed by atoms with Crippen LogP contribution in [0.2, 0.25) is 5.28 Å². The van der Waals surface area contributed by atoms with E-state index in [1.54, 1.807) is 19.5 Å². The Morgan fingerprint density at radius 3 is 2.81 bits per heavy atom. The molecule has 0 radical (unpaired) electrons. The summed E-state index contributed by atoms with van der Waals surface area (Å²) in [6.45, 7) is 4.23. The van der Waals surface area contributed by atoms with Crippen LogP contribution in [-0.4, -0.2) is 26.6 Å². The molecule has 0 aliphatic carbocycles. The molecule has 0 spiro atoms. The van der Waals surface area contributed by atoms with Crippen molar-refractivity contribution in [3.63, 3.8) is 0 Å². The van der Waals surface area contributed by atoms with Crippen molar-refractivity contribution in [3.8, 4) is 17.0 Å². The molecule has 3 aromatic heterocycles. The molecule has 0 bridgehead atoms. The highest BCUT2D eigenvalue weighted by Crippen LogP contribution is 2.35. The van der Waals surface area contributed by atoms with Crippen LogP contribution < -0.4 is 4.74 Å². The van der Waals surface area contributed by atoms with E-state index < -0.39 is 0 Å². The fourth-order valence-corrected chi connectivity index (χ4v) is 2.49. The Balaban J connectivity index is 2.33. The van der Waals surface area contributed by atoms with Crippen LogP contribution in [-0.2, 0) is 0 Å². The number of pyridine rings is 1. The van der Waals surface area contributed by atoms with E-state index in [9.17, 15) is 0 Å². The van der Waals surface area contributed by atoms with E-state index in [0.717, 1.165) is 16.6 Å². The number of aromatic nitrogens is 4. The second-order valence-corrected chi connectivity index (χ2v) is 5.31. The third kappa shape index (κ3) is 2.34. The lowest BCUT2D eigenvalue weighted by Crippen LogP contribution is -1.99. The molecule has 0 aliphatic heterocycles. The van der Waals surface area contributed by atoms with E-state index in [1.807, 2.05) is 18.3 Å². The van der Waals surface area contributed by atoms with Crippen LogP contribution in [0.15, 0.2) is 30.7 Å². The van der Waals surface area contributed by atoms with Crippen LogP contribution in [0.25, 0.3) is 22.3 Å². The minimum atomic E-state index is 0.195. The third-order valence-electron chi connectivity index (χ3n) is 3.35. The molecule has 108 valence electrons. The molecule has 21 heavy (non-hydrogen) atoms. The molecule has 0 fully saturated rings. The molecule has 3 heterocycles. The highest BCUT2D eigenvalue weighted by atomic mass is 35.5. The van der Waals surface area contributed by atoms with Gasteiger partial charge in [-0.25, -0.2) is 15.0 Å². The molecule has 0 unspecified atom stereocenters. The number of halogens is 1. The van der Waals surface area contributed by atoms with Crippen molar-refractivity contribution < 1.29 is 4.74 Å². The van der Waals surface area contributed by atoms with Crippen LogP contribution >= 0.6 is 11.6 Å². The number of fused-ring (bicyclic) bond motifs is 1. The summed E-state index contributed by atoms with van der Waals surface area (Å²) >= 11 is 5.94. The molecule has 5 nitrogen and oxygen atoms in total. The lowest BCUT2D eigenvalue weighted by Gasteiger charge is -2.07. The molecule has 3 aromatic rings. The van der Waals surface area contributed by atoms with Crippen molar-refractivity contribution in [2.45, 2.75) is 19.9 Å². The first-order valence-electron chi connectivity index (χ1n) is 6.64. The monoisotopic (exact) mass is 302 g/mol. The minimum Gasteiger partial charge on any atom is -0.493 e. The highest BCUT2D eigenvalue weighted by Gasteiger charge is 2.17. The van der Waals surface area contributed by atoms with E-state index in [1.165, 1.54) is 0 Å². The maximum Gasteiger partial charge on any atom is 0.223 e. The molecule has 0 saturated carbocycles. The van der Waals surface area contributed by atoms with E-state index in [2.05, 4.69) is 33.4 Å². The van der Waals surface area contributed by atoms with E-state index in [4.69, 9.17) is 16.3 Å². The molecule has 0 atom stereocenters. The van der Waals surface area contributed by atoms with Crippen molar-refractivity contribution in [3.05, 3.63) is 36.0 Å². The molecular formula is C15H15ClN4O. The average molecular weight is 303 g/mol. The van der Waals surface area contributed by atoms with Crippen LogP contribution in [0, 0.1) is 0 Å². The molecule has 3 rings (SSSR count). The number of hydrogen-bond acceptors (Lipinski definition) is 4. The topological polar surface area (TPSA) is 52.8 Å². The standard InChI is InChI=1S/C15H15ClN4O/c1-9(2)20-8-11(10-5-4-6-17-14(10)20)13-12(21-3)7-18-15(16)19-13/h4-9H,1-3H3. The summed E-state index contributed by atoms with van der Waals surface area (Å²) in [4.78, 5) is 12.8. The number of hydrogen-bond donors (Lipinski definition) is 0. The normalized spacial score (nSPS) is 11.3. The van der Waals surface area contributed by atoms with E-state index in [0.29, 0.717) is 17.5 Å². The fraction of sp³-hybridized carbons (Fsp3) is 0.267. The first-order valence-corrected chi connectivity index (χ1v) is 7.02. The van der Waals surface area contributed by atoms with Crippen molar-refractivity contribution in [2.24, 2.45) is 0 Å². The summed E-state index contributed by atoms with van der Waals surface area (Å²) in [5.74, 6) is 0.589. The Morgan fingerprint density at radius 1 is 1.29 bits per heavy atom. The summed E-state index contributed by atoms with van der Waals surface area (Å²) in [6.07, 6.45) is 5.40. The average Bonchev–Trinajstić information content (AvgIpc) is 2.87. The lowest BCUT2D eigenvalue weighted by molar-refractivity contribution is 0.412. The van der Waals surface area contributed by atoms with Crippen LogP contribution in [0.3, 0.4) is 0 Å². The summed E-state index contributed by atoms with van der Waals surface area (Å²) < 4.78 is 7.47. The largest absolute Gasteiger partial charge is 0.493 e. The van der Waals surface area contributed by atoms with E-state index >= 15 is 0 Å². The van der Waals surface area contributed by atoms with Gasteiger partial charge in [-0.3, -0.25) is 0 Å². The second-order valence-electron chi connectivity index (χ2n) is 4.97. The SMILES string of the molecule is COc1cnc(Cl)nc1-c1cn(C(C)C)c2ncccc12. The van der Waals surface area contributed by atoms with Gasteiger partial charge < -0.3 is 9.30 Å². The predicted octanol–water partition coefficient (Wildman–Crippen LogP) is 3.74. The Hall–Kier alpha value is -2.14. The lowest BCUT2D eigenvalue weighted by atomic mass is 10.1. The zero-order valence-corrected chi connectivity index (χ0v) is 12.8. The predicted molar refractivity (Wildman–Crippen MR) is 82.7 cm³/mol. The Labute approximate surface area is 127 Å². The molecular weight excluding hydrogens is 288 g/mol. The molecule has 0 aromatic carbocycles. The van der Waals surface area contributed by atoms with Crippen molar-refractivity contribution in [1.29, 1.82) is 0 Å². The quantitative estimate of drug-likeness (QED) is 0.692. The van der Waals surface area contributed by atoms with E-state index in [-0.39, 0.29) is 5.28 Å². The van der Waals surface area contributed by atoms with Crippen molar-refractivity contribution >= 4 is 22.6 Å². The number of methoxy groups -OCH3 is 1. The smallest absolute Gasteiger partial charge is 0.223 e. The summed E-state index contributed by atoms with van der Waals surface area (Å²) in [7, 11) is 1.59. The molecule has 0 amide bonds. The number of rotatable bonds is 3. The van der Waals surface area contributed by atoms with Gasteiger partial charge in [0.1, 0.15) is 11.3 Å². The zero-order valence-electron chi connectivity index (χ0n) is 12.0. The Kier molecular flexibility index (Phi) is 3.51. The summed E-state index contributed by atoms with van der Waals surface area (Å²) in [5.41, 5.74) is 2.53. The van der Waals surface area contributed by atoms with Gasteiger partial charge in [0.15, 0.2) is 5.75 Å². The number of nitrogens with zero attached hydrogens (tertiary/aromatic N) is 4. The van der Waals surface area contributed by atoms with Gasteiger partial charge in [-0.15, -0.1) is 0 Å². The van der Waals surface area contributed by atoms with Crippen LogP contribution in [0.4, 0.5) is 0 Å². The fourth-order valence-electron chi connectivity index (χ4n) is 2.36. The highest BCUT2D eigenvalue weighted by molar-refractivity contribution is 6.28. The zero-order chi connectivity index (χ0) is 15.0. The maximum absolute atomic E-state index is 5.94. The maximum atomic E-state index is 5.94. The molecule has 6 heteroatoms. The summed E-state index contributed by atoms with van der Waals surface area (Å²) in [6, 6.07) is 4.22. The minimum absolute atomic E-state index is 0.195.